The zero-order valence-corrected chi connectivity index (χ0v) is 10.3. The van der Waals surface area contributed by atoms with Crippen LogP contribution in [0.2, 0.25) is 0 Å². The fraction of sp³-hybridized carbons (Fsp3) is 0.500. The van der Waals surface area contributed by atoms with Crippen LogP contribution in [0.1, 0.15) is 32.3 Å². The molecule has 0 aromatic heterocycles. The second-order valence-electron chi connectivity index (χ2n) is 3.68. The van der Waals surface area contributed by atoms with Gasteiger partial charge in [0.2, 0.25) is 0 Å². The maximum absolute atomic E-state index is 5.68. The van der Waals surface area contributed by atoms with Crippen molar-refractivity contribution in [1.82, 2.24) is 0 Å². The van der Waals surface area contributed by atoms with Crippen molar-refractivity contribution >= 4 is 0 Å². The van der Waals surface area contributed by atoms with Crippen LogP contribution in [0.15, 0.2) is 18.2 Å². The Bertz CT molecular complexity index is 281. The third-order valence-corrected chi connectivity index (χ3v) is 2.26. The Morgan fingerprint density at radius 3 is 1.88 bits per heavy atom. The molecule has 0 saturated carbocycles. The lowest BCUT2D eigenvalue weighted by Gasteiger charge is -2.14. The molecular weight excluding hydrogens is 200 g/mol. The highest BCUT2D eigenvalue weighted by Gasteiger charge is 2.08. The number of benzene rings is 1. The fourth-order valence-corrected chi connectivity index (χ4v) is 1.49. The van der Waals surface area contributed by atoms with Crippen molar-refractivity contribution in [3.8, 4) is 11.5 Å². The van der Waals surface area contributed by atoms with Crippen LogP contribution >= 0.6 is 0 Å². The Morgan fingerprint density at radius 2 is 1.50 bits per heavy atom. The number of rotatable bonds is 7. The first-order chi connectivity index (χ1) is 7.83. The first-order valence-corrected chi connectivity index (χ1v) is 6.00. The van der Waals surface area contributed by atoms with Gasteiger partial charge in [0.15, 0.2) is 0 Å². The Balaban J connectivity index is 2.82. The maximum atomic E-state index is 5.68. The Kier molecular flexibility index (Phi) is 5.76. The van der Waals surface area contributed by atoms with E-state index in [-0.39, 0.29) is 0 Å². The summed E-state index contributed by atoms with van der Waals surface area (Å²) in [5.74, 6) is 1.82. The van der Waals surface area contributed by atoms with Gasteiger partial charge < -0.3 is 9.47 Å². The molecule has 2 nitrogen and oxygen atoms in total. The average Bonchev–Trinajstić information content (AvgIpc) is 2.33. The summed E-state index contributed by atoms with van der Waals surface area (Å²) in [7, 11) is 0. The molecule has 0 aliphatic rings. The van der Waals surface area contributed by atoms with Gasteiger partial charge in [-0.2, -0.15) is 0 Å². The van der Waals surface area contributed by atoms with Crippen molar-refractivity contribution in [2.75, 3.05) is 13.2 Å². The van der Waals surface area contributed by atoms with E-state index in [0.29, 0.717) is 6.42 Å². The number of ether oxygens (including phenoxy) is 2. The second kappa shape index (κ2) is 7.15. The van der Waals surface area contributed by atoms with Gasteiger partial charge in [-0.15, -0.1) is 0 Å². The van der Waals surface area contributed by atoms with Gasteiger partial charge in [-0.3, -0.25) is 0 Å². The maximum Gasteiger partial charge on any atom is 0.126 e. The predicted octanol–water partition coefficient (Wildman–Crippen LogP) is 3.64. The molecule has 0 bridgehead atoms. The molecule has 2 heteroatoms. The molecule has 0 saturated heterocycles. The van der Waals surface area contributed by atoms with Gasteiger partial charge in [-0.1, -0.05) is 19.9 Å². The van der Waals surface area contributed by atoms with Crippen LogP contribution in [-0.2, 0) is 6.42 Å². The minimum atomic E-state index is 0.693. The van der Waals surface area contributed by atoms with E-state index < -0.39 is 0 Å². The zero-order chi connectivity index (χ0) is 11.8. The molecule has 0 heterocycles. The standard InChI is InChI=1S/C14H21O2/c1-4-10-15-13-8-7-9-14(12(13)6-3)16-11-5-2/h7-9H,3-6,10-11H2,1-2H3. The van der Waals surface area contributed by atoms with Gasteiger partial charge in [0.25, 0.3) is 0 Å². The molecule has 1 rings (SSSR count). The van der Waals surface area contributed by atoms with Crippen LogP contribution in [0.4, 0.5) is 0 Å². The average molecular weight is 221 g/mol. The van der Waals surface area contributed by atoms with E-state index in [0.717, 1.165) is 43.1 Å². The van der Waals surface area contributed by atoms with Crippen LogP contribution in [0.5, 0.6) is 11.5 Å². The summed E-state index contributed by atoms with van der Waals surface area (Å²) >= 11 is 0. The van der Waals surface area contributed by atoms with E-state index in [1.54, 1.807) is 0 Å². The van der Waals surface area contributed by atoms with E-state index in [1.807, 2.05) is 18.2 Å². The summed E-state index contributed by atoms with van der Waals surface area (Å²) in [4.78, 5) is 0. The Hall–Kier alpha value is -1.18. The zero-order valence-electron chi connectivity index (χ0n) is 10.3. The molecule has 0 atom stereocenters. The first kappa shape index (κ1) is 12.9. The third-order valence-electron chi connectivity index (χ3n) is 2.26. The fourth-order valence-electron chi connectivity index (χ4n) is 1.49. The SMILES string of the molecule is [CH2]Cc1c(OCCC)cccc1OCCC. The van der Waals surface area contributed by atoms with Gasteiger partial charge in [0.05, 0.1) is 13.2 Å². The van der Waals surface area contributed by atoms with E-state index in [4.69, 9.17) is 9.47 Å². The third kappa shape index (κ3) is 3.44. The molecule has 0 N–H and O–H groups in total. The van der Waals surface area contributed by atoms with Crippen molar-refractivity contribution in [3.63, 3.8) is 0 Å². The molecule has 0 fully saturated rings. The minimum Gasteiger partial charge on any atom is -0.493 e. The van der Waals surface area contributed by atoms with Crippen LogP contribution in [0, 0.1) is 6.92 Å². The van der Waals surface area contributed by atoms with Crippen LogP contribution in [0.25, 0.3) is 0 Å². The molecule has 0 aliphatic heterocycles. The molecule has 1 aromatic rings. The van der Waals surface area contributed by atoms with Crippen LogP contribution in [0.3, 0.4) is 0 Å². The van der Waals surface area contributed by atoms with Crippen LogP contribution in [-0.4, -0.2) is 13.2 Å². The molecule has 0 aliphatic carbocycles. The second-order valence-corrected chi connectivity index (χ2v) is 3.68. The lowest BCUT2D eigenvalue weighted by molar-refractivity contribution is 0.296. The monoisotopic (exact) mass is 221 g/mol. The summed E-state index contributed by atoms with van der Waals surface area (Å²) in [6.45, 7) is 9.61. The quantitative estimate of drug-likeness (QED) is 0.700. The summed E-state index contributed by atoms with van der Waals surface area (Å²) in [5, 5.41) is 0. The van der Waals surface area contributed by atoms with Gasteiger partial charge in [0.1, 0.15) is 11.5 Å². The topological polar surface area (TPSA) is 18.5 Å². The van der Waals surface area contributed by atoms with E-state index in [2.05, 4.69) is 20.8 Å². The lowest BCUT2D eigenvalue weighted by Crippen LogP contribution is -2.02. The lowest BCUT2D eigenvalue weighted by atomic mass is 10.1. The van der Waals surface area contributed by atoms with E-state index in [9.17, 15) is 0 Å². The van der Waals surface area contributed by atoms with Crippen molar-refractivity contribution in [3.05, 3.63) is 30.7 Å². The highest BCUT2D eigenvalue weighted by Crippen LogP contribution is 2.29. The molecule has 1 aromatic carbocycles. The van der Waals surface area contributed by atoms with Gasteiger partial charge >= 0.3 is 0 Å². The van der Waals surface area contributed by atoms with Gasteiger partial charge in [0, 0.05) is 5.56 Å². The van der Waals surface area contributed by atoms with Crippen LogP contribution < -0.4 is 9.47 Å². The molecule has 89 valence electrons. The molecule has 1 radical (unpaired) electrons. The van der Waals surface area contributed by atoms with E-state index in [1.165, 1.54) is 0 Å². The molecule has 0 spiro atoms. The predicted molar refractivity (Wildman–Crippen MR) is 67.1 cm³/mol. The van der Waals surface area contributed by atoms with Crippen molar-refractivity contribution in [1.29, 1.82) is 0 Å². The minimum absolute atomic E-state index is 0.693. The Labute approximate surface area is 98.6 Å². The molecule has 16 heavy (non-hydrogen) atoms. The van der Waals surface area contributed by atoms with Crippen molar-refractivity contribution in [2.24, 2.45) is 0 Å². The summed E-state index contributed by atoms with van der Waals surface area (Å²) in [6.07, 6.45) is 2.71. The highest BCUT2D eigenvalue weighted by atomic mass is 16.5. The van der Waals surface area contributed by atoms with Crippen molar-refractivity contribution < 1.29 is 9.47 Å². The normalized spacial score (nSPS) is 10.2. The number of hydrogen-bond donors (Lipinski definition) is 0. The van der Waals surface area contributed by atoms with Crippen molar-refractivity contribution in [2.45, 2.75) is 33.1 Å². The summed E-state index contributed by atoms with van der Waals surface area (Å²) in [5.41, 5.74) is 1.07. The smallest absolute Gasteiger partial charge is 0.126 e. The van der Waals surface area contributed by atoms with Gasteiger partial charge in [-0.25, -0.2) is 0 Å². The Morgan fingerprint density at radius 1 is 1.00 bits per heavy atom. The van der Waals surface area contributed by atoms with Gasteiger partial charge in [-0.05, 0) is 38.3 Å². The first-order valence-electron chi connectivity index (χ1n) is 6.00. The summed E-state index contributed by atoms with van der Waals surface area (Å²) < 4.78 is 11.4. The van der Waals surface area contributed by atoms with E-state index >= 15 is 0 Å². The highest BCUT2D eigenvalue weighted by molar-refractivity contribution is 5.45. The molecular formula is C14H21O2. The summed E-state index contributed by atoms with van der Waals surface area (Å²) in [6, 6.07) is 5.93. The molecule has 0 amide bonds. The largest absolute Gasteiger partial charge is 0.493 e. The number of hydrogen-bond acceptors (Lipinski definition) is 2. The molecule has 0 unspecified atom stereocenters.